The molecule has 0 saturated heterocycles. The van der Waals surface area contributed by atoms with Crippen molar-refractivity contribution in [1.29, 1.82) is 0 Å². The van der Waals surface area contributed by atoms with Crippen molar-refractivity contribution in [2.45, 2.75) is 6.61 Å². The number of anilines is 1. The Labute approximate surface area is 135 Å². The van der Waals surface area contributed by atoms with Crippen LogP contribution in [0.1, 0.15) is 5.56 Å². The molecule has 0 aliphatic heterocycles. The Balaban J connectivity index is 2.35. The summed E-state index contributed by atoms with van der Waals surface area (Å²) in [4.78, 5) is 11.1. The second kappa shape index (κ2) is 11.5. The molecule has 0 radical (unpaired) electrons. The Morgan fingerprint density at radius 1 is 1.17 bits per heavy atom. The number of aliphatic hydroxyl groups is 1. The molecule has 8 heteroatoms. The largest absolute Gasteiger partial charge is 0.489 e. The van der Waals surface area contributed by atoms with Gasteiger partial charge in [0.05, 0.1) is 38.7 Å². The third-order valence-corrected chi connectivity index (χ3v) is 2.77. The van der Waals surface area contributed by atoms with Gasteiger partial charge in [0.2, 0.25) is 0 Å². The van der Waals surface area contributed by atoms with Gasteiger partial charge < -0.3 is 35.1 Å². The number of benzene rings is 1. The topological polar surface area (TPSA) is 112 Å². The minimum atomic E-state index is -0.524. The van der Waals surface area contributed by atoms with E-state index in [9.17, 15) is 4.79 Å². The maximum Gasteiger partial charge on any atom is 0.407 e. The van der Waals surface area contributed by atoms with E-state index < -0.39 is 6.09 Å². The van der Waals surface area contributed by atoms with Crippen LogP contribution >= 0.6 is 0 Å². The predicted octanol–water partition coefficient (Wildman–Crippen LogP) is 0.529. The lowest BCUT2D eigenvalue weighted by atomic mass is 10.2. The van der Waals surface area contributed by atoms with Gasteiger partial charge in [-0.1, -0.05) is 12.1 Å². The average molecular weight is 328 g/mol. The molecule has 0 heterocycles. The number of alkyl carbamates (subject to hydrolysis) is 1. The fourth-order valence-corrected chi connectivity index (χ4v) is 1.70. The Kier molecular flexibility index (Phi) is 9.53. The fraction of sp³-hybridized carbons (Fsp3) is 0.533. The first-order chi connectivity index (χ1) is 11.2. The van der Waals surface area contributed by atoms with E-state index in [2.05, 4.69) is 5.32 Å². The molecular weight excluding hydrogens is 304 g/mol. The van der Waals surface area contributed by atoms with Crippen molar-refractivity contribution in [2.75, 3.05) is 52.4 Å². The van der Waals surface area contributed by atoms with Crippen molar-refractivity contribution >= 4 is 11.8 Å². The third-order valence-electron chi connectivity index (χ3n) is 2.77. The standard InChI is InChI=1S/C15H24N2O6/c1-17-15(19)23-11-12-3-2-4-13(16)14(12)22-10-9-21-8-7-20-6-5-18/h2-4,18H,5-11,16H2,1H3,(H,17,19). The number of carbonyl (C=O) groups is 1. The van der Waals surface area contributed by atoms with Crippen LogP contribution in [0.15, 0.2) is 18.2 Å². The summed E-state index contributed by atoms with van der Waals surface area (Å²) in [6.45, 7) is 1.87. The highest BCUT2D eigenvalue weighted by Gasteiger charge is 2.10. The molecule has 1 amide bonds. The molecular formula is C15H24N2O6. The molecule has 0 fully saturated rings. The van der Waals surface area contributed by atoms with Gasteiger partial charge in [0.25, 0.3) is 0 Å². The normalized spacial score (nSPS) is 10.3. The second-order valence-corrected chi connectivity index (χ2v) is 4.46. The zero-order valence-corrected chi connectivity index (χ0v) is 13.2. The third kappa shape index (κ3) is 7.68. The van der Waals surface area contributed by atoms with Gasteiger partial charge in [0.1, 0.15) is 19.0 Å². The minimum Gasteiger partial charge on any atom is -0.489 e. The number of hydrogen-bond acceptors (Lipinski definition) is 7. The van der Waals surface area contributed by atoms with E-state index in [0.717, 1.165) is 0 Å². The maximum atomic E-state index is 11.1. The Morgan fingerprint density at radius 2 is 1.87 bits per heavy atom. The lowest BCUT2D eigenvalue weighted by Gasteiger charge is -2.14. The molecule has 130 valence electrons. The van der Waals surface area contributed by atoms with Crippen LogP contribution in [0.3, 0.4) is 0 Å². The molecule has 1 aromatic carbocycles. The molecule has 0 aliphatic rings. The summed E-state index contributed by atoms with van der Waals surface area (Å²) in [6.07, 6.45) is -0.524. The van der Waals surface area contributed by atoms with Gasteiger partial charge in [-0.25, -0.2) is 4.79 Å². The van der Waals surface area contributed by atoms with Crippen LogP contribution in [0.25, 0.3) is 0 Å². The Morgan fingerprint density at radius 3 is 2.57 bits per heavy atom. The van der Waals surface area contributed by atoms with Crippen LogP contribution < -0.4 is 15.8 Å². The molecule has 0 unspecified atom stereocenters. The first-order valence-corrected chi connectivity index (χ1v) is 7.30. The van der Waals surface area contributed by atoms with Crippen molar-refractivity contribution in [3.05, 3.63) is 23.8 Å². The van der Waals surface area contributed by atoms with Crippen molar-refractivity contribution < 1.29 is 28.8 Å². The van der Waals surface area contributed by atoms with Gasteiger partial charge in [0.15, 0.2) is 0 Å². The molecule has 23 heavy (non-hydrogen) atoms. The monoisotopic (exact) mass is 328 g/mol. The number of amides is 1. The molecule has 1 rings (SSSR count). The quantitative estimate of drug-likeness (QED) is 0.401. The number of aliphatic hydroxyl groups excluding tert-OH is 1. The molecule has 0 spiro atoms. The zero-order valence-electron chi connectivity index (χ0n) is 13.2. The summed E-state index contributed by atoms with van der Waals surface area (Å²) in [6, 6.07) is 5.25. The Bertz CT molecular complexity index is 469. The summed E-state index contributed by atoms with van der Waals surface area (Å²) in [5.74, 6) is 0.483. The van der Waals surface area contributed by atoms with Gasteiger partial charge in [-0.2, -0.15) is 0 Å². The van der Waals surface area contributed by atoms with Gasteiger partial charge in [-0.05, 0) is 6.07 Å². The van der Waals surface area contributed by atoms with Crippen molar-refractivity contribution in [2.24, 2.45) is 0 Å². The first-order valence-electron chi connectivity index (χ1n) is 7.30. The highest BCUT2D eigenvalue weighted by molar-refractivity contribution is 5.67. The van der Waals surface area contributed by atoms with E-state index in [4.69, 9.17) is 29.8 Å². The number of ether oxygens (including phenoxy) is 4. The van der Waals surface area contributed by atoms with Gasteiger partial charge >= 0.3 is 6.09 Å². The van der Waals surface area contributed by atoms with Crippen LogP contribution in [0.4, 0.5) is 10.5 Å². The highest BCUT2D eigenvalue weighted by atomic mass is 16.6. The fourth-order valence-electron chi connectivity index (χ4n) is 1.70. The van der Waals surface area contributed by atoms with E-state index in [1.807, 2.05) is 0 Å². The number of nitrogen functional groups attached to an aromatic ring is 1. The second-order valence-electron chi connectivity index (χ2n) is 4.46. The predicted molar refractivity (Wildman–Crippen MR) is 84.3 cm³/mol. The maximum absolute atomic E-state index is 11.1. The summed E-state index contributed by atoms with van der Waals surface area (Å²) in [5.41, 5.74) is 7.04. The smallest absolute Gasteiger partial charge is 0.407 e. The number of carbonyl (C=O) groups excluding carboxylic acids is 1. The van der Waals surface area contributed by atoms with E-state index in [-0.39, 0.29) is 13.2 Å². The number of para-hydroxylation sites is 1. The molecule has 0 aliphatic carbocycles. The van der Waals surface area contributed by atoms with E-state index in [1.54, 1.807) is 18.2 Å². The van der Waals surface area contributed by atoms with Gasteiger partial charge in [-0.3, -0.25) is 0 Å². The van der Waals surface area contributed by atoms with Crippen LogP contribution in [-0.2, 0) is 20.8 Å². The number of nitrogens with one attached hydrogen (secondary N) is 1. The van der Waals surface area contributed by atoms with E-state index >= 15 is 0 Å². The molecule has 0 atom stereocenters. The summed E-state index contributed by atoms with van der Waals surface area (Å²) in [7, 11) is 1.49. The minimum absolute atomic E-state index is 0.00268. The first kappa shape index (κ1) is 19.0. The Hall–Kier alpha value is -2.03. The van der Waals surface area contributed by atoms with Crippen molar-refractivity contribution in [1.82, 2.24) is 5.32 Å². The van der Waals surface area contributed by atoms with E-state index in [1.165, 1.54) is 7.05 Å². The van der Waals surface area contributed by atoms with Crippen LogP contribution in [0.2, 0.25) is 0 Å². The summed E-state index contributed by atoms with van der Waals surface area (Å²) < 4.78 is 21.0. The number of rotatable bonds is 11. The van der Waals surface area contributed by atoms with Crippen LogP contribution in [-0.4, -0.2) is 57.9 Å². The molecule has 0 bridgehead atoms. The molecule has 1 aromatic rings. The average Bonchev–Trinajstić information content (AvgIpc) is 2.56. The van der Waals surface area contributed by atoms with Crippen molar-refractivity contribution in [3.8, 4) is 5.75 Å². The summed E-state index contributed by atoms with van der Waals surface area (Å²) >= 11 is 0. The molecule has 0 saturated carbocycles. The molecule has 8 nitrogen and oxygen atoms in total. The highest BCUT2D eigenvalue weighted by Crippen LogP contribution is 2.27. The number of hydrogen-bond donors (Lipinski definition) is 3. The van der Waals surface area contributed by atoms with Crippen molar-refractivity contribution in [3.63, 3.8) is 0 Å². The van der Waals surface area contributed by atoms with Gasteiger partial charge in [0, 0.05) is 12.6 Å². The van der Waals surface area contributed by atoms with Gasteiger partial charge in [-0.15, -0.1) is 0 Å². The molecule has 4 N–H and O–H groups in total. The summed E-state index contributed by atoms with van der Waals surface area (Å²) in [5, 5.41) is 10.9. The lowest BCUT2D eigenvalue weighted by molar-refractivity contribution is 0.0246. The number of nitrogens with two attached hydrogens (primary N) is 1. The molecule has 0 aromatic heterocycles. The SMILES string of the molecule is CNC(=O)OCc1cccc(N)c1OCCOCCOCCO. The van der Waals surface area contributed by atoms with Crippen LogP contribution in [0, 0.1) is 0 Å². The van der Waals surface area contributed by atoms with E-state index in [0.29, 0.717) is 50.0 Å². The van der Waals surface area contributed by atoms with Crippen LogP contribution in [0.5, 0.6) is 5.75 Å². The zero-order chi connectivity index (χ0) is 16.9. The lowest BCUT2D eigenvalue weighted by Crippen LogP contribution is -2.19.